The lowest BCUT2D eigenvalue weighted by Crippen LogP contribution is -1.99. The summed E-state index contributed by atoms with van der Waals surface area (Å²) in [7, 11) is 0. The molecule has 0 radical (unpaired) electrons. The zero-order valence-corrected chi connectivity index (χ0v) is 11.5. The third-order valence-corrected chi connectivity index (χ3v) is 3.45. The van der Waals surface area contributed by atoms with Crippen molar-refractivity contribution in [1.29, 1.82) is 0 Å². The van der Waals surface area contributed by atoms with Gasteiger partial charge in [0.15, 0.2) is 5.82 Å². The minimum atomic E-state index is 0.621. The summed E-state index contributed by atoms with van der Waals surface area (Å²) in [6.07, 6.45) is 1.77. The van der Waals surface area contributed by atoms with Gasteiger partial charge in [0, 0.05) is 16.4 Å². The predicted octanol–water partition coefficient (Wildman–Crippen LogP) is 4.13. The lowest BCUT2D eigenvalue weighted by molar-refractivity contribution is 1.26. The fourth-order valence-corrected chi connectivity index (χ4v) is 1.90. The highest BCUT2D eigenvalue weighted by Crippen LogP contribution is 2.28. The number of hydrogen-bond acceptors (Lipinski definition) is 3. The van der Waals surface area contributed by atoms with E-state index in [0.717, 1.165) is 15.7 Å². The zero-order valence-electron chi connectivity index (χ0n) is 9.17. The second kappa shape index (κ2) is 4.94. The number of rotatable bonds is 2. The molecule has 0 aliphatic heterocycles. The molecule has 2 rings (SSSR count). The lowest BCUT2D eigenvalue weighted by Gasteiger charge is -2.09. The van der Waals surface area contributed by atoms with Gasteiger partial charge in [-0.15, -0.1) is 0 Å². The van der Waals surface area contributed by atoms with Crippen LogP contribution in [-0.2, 0) is 0 Å². The van der Waals surface area contributed by atoms with Crippen molar-refractivity contribution in [3.63, 3.8) is 0 Å². The first-order chi connectivity index (χ1) is 8.06. The molecule has 0 saturated heterocycles. The van der Waals surface area contributed by atoms with E-state index in [-0.39, 0.29) is 0 Å². The Morgan fingerprint density at radius 2 is 2.12 bits per heavy atom. The van der Waals surface area contributed by atoms with Crippen LogP contribution in [0.25, 0.3) is 0 Å². The van der Waals surface area contributed by atoms with Gasteiger partial charge in [0.1, 0.15) is 0 Å². The molecule has 1 aromatic carbocycles. The third kappa shape index (κ3) is 2.90. The molecular formula is C12H11BrClN3. The van der Waals surface area contributed by atoms with Gasteiger partial charge < -0.3 is 11.1 Å². The molecule has 0 fully saturated rings. The number of anilines is 3. The van der Waals surface area contributed by atoms with Crippen LogP contribution in [0, 0.1) is 6.92 Å². The van der Waals surface area contributed by atoms with E-state index < -0.39 is 0 Å². The Balaban J connectivity index is 2.28. The fraction of sp³-hybridized carbons (Fsp3) is 0.0833. The number of benzene rings is 1. The maximum atomic E-state index is 5.92. The van der Waals surface area contributed by atoms with Crippen molar-refractivity contribution >= 4 is 44.7 Å². The average molecular weight is 313 g/mol. The van der Waals surface area contributed by atoms with E-state index in [9.17, 15) is 0 Å². The summed E-state index contributed by atoms with van der Waals surface area (Å²) in [4.78, 5) is 4.24. The first-order valence-electron chi connectivity index (χ1n) is 5.00. The number of halogens is 2. The summed E-state index contributed by atoms with van der Waals surface area (Å²) in [5, 5.41) is 3.81. The van der Waals surface area contributed by atoms with Crippen LogP contribution < -0.4 is 11.1 Å². The fourth-order valence-electron chi connectivity index (χ4n) is 1.41. The Hall–Kier alpha value is -1.26. The molecule has 0 amide bonds. The zero-order chi connectivity index (χ0) is 12.4. The lowest BCUT2D eigenvalue weighted by atomic mass is 10.2. The first-order valence-corrected chi connectivity index (χ1v) is 6.17. The highest BCUT2D eigenvalue weighted by atomic mass is 79.9. The number of nitrogen functional groups attached to an aromatic ring is 1. The van der Waals surface area contributed by atoms with E-state index >= 15 is 0 Å². The number of hydrogen-bond donors (Lipinski definition) is 2. The monoisotopic (exact) mass is 311 g/mol. The Morgan fingerprint density at radius 1 is 1.35 bits per heavy atom. The van der Waals surface area contributed by atoms with Gasteiger partial charge in [-0.3, -0.25) is 0 Å². The number of nitrogens with two attached hydrogens (primary N) is 1. The summed E-state index contributed by atoms with van der Waals surface area (Å²) in [6, 6.07) is 7.43. The Labute approximate surface area is 113 Å². The van der Waals surface area contributed by atoms with Crippen LogP contribution in [0.1, 0.15) is 5.56 Å². The van der Waals surface area contributed by atoms with E-state index in [0.29, 0.717) is 16.5 Å². The Bertz CT molecular complexity index is 557. The highest BCUT2D eigenvalue weighted by molar-refractivity contribution is 9.10. The molecule has 0 aliphatic carbocycles. The molecule has 0 spiro atoms. The van der Waals surface area contributed by atoms with Crippen molar-refractivity contribution in [1.82, 2.24) is 4.98 Å². The van der Waals surface area contributed by atoms with Gasteiger partial charge in [0.2, 0.25) is 0 Å². The van der Waals surface area contributed by atoms with Crippen LogP contribution in [0.4, 0.5) is 17.2 Å². The second-order valence-electron chi connectivity index (χ2n) is 3.70. The van der Waals surface area contributed by atoms with Gasteiger partial charge in [-0.25, -0.2) is 4.98 Å². The van der Waals surface area contributed by atoms with Crippen LogP contribution in [0.15, 0.2) is 34.9 Å². The van der Waals surface area contributed by atoms with Crippen molar-refractivity contribution in [2.75, 3.05) is 11.1 Å². The smallest absolute Gasteiger partial charge is 0.153 e. The van der Waals surface area contributed by atoms with Crippen LogP contribution in [-0.4, -0.2) is 4.98 Å². The number of pyridine rings is 1. The van der Waals surface area contributed by atoms with Gasteiger partial charge in [-0.1, -0.05) is 11.6 Å². The van der Waals surface area contributed by atoms with Gasteiger partial charge >= 0.3 is 0 Å². The Morgan fingerprint density at radius 3 is 2.76 bits per heavy atom. The molecule has 3 nitrogen and oxygen atoms in total. The molecule has 1 aromatic heterocycles. The molecule has 88 valence electrons. The molecule has 5 heteroatoms. The molecule has 0 saturated carbocycles. The van der Waals surface area contributed by atoms with Crippen molar-refractivity contribution < 1.29 is 0 Å². The summed E-state index contributed by atoms with van der Waals surface area (Å²) >= 11 is 9.29. The van der Waals surface area contributed by atoms with Gasteiger partial charge in [-0.2, -0.15) is 0 Å². The average Bonchev–Trinajstić information content (AvgIpc) is 2.27. The third-order valence-electron chi connectivity index (χ3n) is 2.24. The van der Waals surface area contributed by atoms with Gasteiger partial charge in [0.05, 0.1) is 10.7 Å². The van der Waals surface area contributed by atoms with Crippen molar-refractivity contribution in [3.8, 4) is 0 Å². The number of aryl methyl sites for hydroxylation is 1. The molecular weight excluding hydrogens is 302 g/mol. The van der Waals surface area contributed by atoms with Crippen LogP contribution >= 0.6 is 27.5 Å². The molecule has 0 bridgehead atoms. The normalized spacial score (nSPS) is 10.3. The first kappa shape index (κ1) is 12.2. The largest absolute Gasteiger partial charge is 0.396 e. The molecule has 2 aromatic rings. The van der Waals surface area contributed by atoms with Crippen molar-refractivity contribution in [2.45, 2.75) is 6.92 Å². The number of nitrogens with one attached hydrogen (secondary N) is 1. The minimum absolute atomic E-state index is 0.621. The summed E-state index contributed by atoms with van der Waals surface area (Å²) in [6.45, 7) is 1.95. The van der Waals surface area contributed by atoms with E-state index in [2.05, 4.69) is 26.2 Å². The number of aromatic nitrogens is 1. The van der Waals surface area contributed by atoms with Crippen LogP contribution in [0.2, 0.25) is 5.02 Å². The maximum absolute atomic E-state index is 5.92. The molecule has 1 heterocycles. The second-order valence-corrected chi connectivity index (χ2v) is 4.97. The van der Waals surface area contributed by atoms with Crippen LogP contribution in [0.3, 0.4) is 0 Å². The predicted molar refractivity (Wildman–Crippen MR) is 75.8 cm³/mol. The highest BCUT2D eigenvalue weighted by Gasteiger charge is 2.03. The minimum Gasteiger partial charge on any atom is -0.396 e. The van der Waals surface area contributed by atoms with Gasteiger partial charge in [-0.05, 0) is 52.7 Å². The quantitative estimate of drug-likeness (QED) is 0.876. The molecule has 3 N–H and O–H groups in total. The summed E-state index contributed by atoms with van der Waals surface area (Å²) < 4.78 is 0.829. The molecule has 0 unspecified atom stereocenters. The van der Waals surface area contributed by atoms with E-state index in [1.807, 2.05) is 25.1 Å². The summed E-state index contributed by atoms with van der Waals surface area (Å²) in [5.41, 5.74) is 8.41. The topological polar surface area (TPSA) is 50.9 Å². The maximum Gasteiger partial charge on any atom is 0.153 e. The SMILES string of the molecule is Cc1cnc(Nc2ccc(Cl)c(Br)c2)c(N)c1. The summed E-state index contributed by atoms with van der Waals surface area (Å²) in [5.74, 6) is 0.643. The molecule has 17 heavy (non-hydrogen) atoms. The Kier molecular flexibility index (Phi) is 3.54. The van der Waals surface area contributed by atoms with E-state index in [4.69, 9.17) is 17.3 Å². The van der Waals surface area contributed by atoms with Crippen molar-refractivity contribution in [2.24, 2.45) is 0 Å². The number of nitrogens with zero attached hydrogens (tertiary/aromatic N) is 1. The van der Waals surface area contributed by atoms with Crippen LogP contribution in [0.5, 0.6) is 0 Å². The van der Waals surface area contributed by atoms with E-state index in [1.165, 1.54) is 0 Å². The molecule has 0 atom stereocenters. The van der Waals surface area contributed by atoms with E-state index in [1.54, 1.807) is 12.3 Å². The van der Waals surface area contributed by atoms with Crippen molar-refractivity contribution in [3.05, 3.63) is 45.5 Å². The van der Waals surface area contributed by atoms with Gasteiger partial charge in [0.25, 0.3) is 0 Å². The molecule has 0 aliphatic rings. The standard InChI is InChI=1S/C12H11BrClN3/c1-7-4-11(15)12(16-6-7)17-8-2-3-10(14)9(13)5-8/h2-6H,15H2,1H3,(H,16,17).